The van der Waals surface area contributed by atoms with Crippen LogP contribution in [0.3, 0.4) is 0 Å². The molecule has 0 aliphatic carbocycles. The number of rotatable bonds is 5. The molecule has 2 aromatic rings. The van der Waals surface area contributed by atoms with E-state index in [1.807, 2.05) is 0 Å². The van der Waals surface area contributed by atoms with Crippen molar-refractivity contribution in [1.82, 2.24) is 9.97 Å². The lowest BCUT2D eigenvalue weighted by Crippen LogP contribution is -2.34. The van der Waals surface area contributed by atoms with Gasteiger partial charge in [-0.25, -0.2) is 18.4 Å². The van der Waals surface area contributed by atoms with E-state index in [0.29, 0.717) is 30.6 Å². The number of aromatic nitrogens is 2. The fraction of sp³-hybridized carbons (Fsp3) is 0.353. The van der Waals surface area contributed by atoms with Gasteiger partial charge in [-0.15, -0.1) is 0 Å². The van der Waals surface area contributed by atoms with Crippen molar-refractivity contribution in [2.24, 2.45) is 0 Å². The molecule has 0 saturated carbocycles. The van der Waals surface area contributed by atoms with Gasteiger partial charge in [0, 0.05) is 18.3 Å². The summed E-state index contributed by atoms with van der Waals surface area (Å²) in [6.07, 6.45) is -1.16. The Hall–Kier alpha value is -2.14. The lowest BCUT2D eigenvalue weighted by Gasteiger charge is -2.29. The number of hydrogen-bond donors (Lipinski definition) is 0. The highest BCUT2D eigenvalue weighted by atomic mass is 32.2. The van der Waals surface area contributed by atoms with Crippen LogP contribution in [0.5, 0.6) is 0 Å². The third-order valence-electron chi connectivity index (χ3n) is 4.13. The highest BCUT2D eigenvalue weighted by Gasteiger charge is 2.33. The van der Waals surface area contributed by atoms with Crippen molar-refractivity contribution in [3.63, 3.8) is 0 Å². The maximum Gasteiger partial charge on any atom is 0.433 e. The van der Waals surface area contributed by atoms with Crippen molar-refractivity contribution in [3.8, 4) is 0 Å². The zero-order valence-corrected chi connectivity index (χ0v) is 16.4. The van der Waals surface area contributed by atoms with Crippen LogP contribution in [0.2, 0.25) is 0 Å². The van der Waals surface area contributed by atoms with Gasteiger partial charge in [0.2, 0.25) is 10.0 Å². The normalized spacial score (nSPS) is 14.6. The van der Waals surface area contributed by atoms with Crippen LogP contribution in [0.25, 0.3) is 0 Å². The Morgan fingerprint density at radius 3 is 2.71 bits per heavy atom. The number of anilines is 1. The molecule has 1 aromatic heterocycles. The predicted octanol–water partition coefficient (Wildman–Crippen LogP) is 3.18. The van der Waals surface area contributed by atoms with Crippen LogP contribution in [0.1, 0.15) is 28.0 Å². The van der Waals surface area contributed by atoms with Crippen molar-refractivity contribution in [1.29, 1.82) is 0 Å². The van der Waals surface area contributed by atoms with E-state index in [-0.39, 0.29) is 16.7 Å². The maximum atomic E-state index is 12.7. The lowest BCUT2D eigenvalue weighted by molar-refractivity contribution is -0.141. The van der Waals surface area contributed by atoms with Gasteiger partial charge in [0.15, 0.2) is 10.9 Å². The molecule has 0 radical (unpaired) electrons. The Bertz CT molecular complexity index is 1010. The van der Waals surface area contributed by atoms with E-state index >= 15 is 0 Å². The van der Waals surface area contributed by atoms with E-state index in [4.69, 9.17) is 0 Å². The molecular weight excluding hydrogens is 415 g/mol. The number of carbonyl (C=O) groups is 1. The van der Waals surface area contributed by atoms with E-state index in [2.05, 4.69) is 9.97 Å². The molecule has 6 nitrogen and oxygen atoms in total. The van der Waals surface area contributed by atoms with Gasteiger partial charge in [-0.05, 0) is 42.7 Å². The summed E-state index contributed by atoms with van der Waals surface area (Å²) in [6.45, 7) is 0.391. The van der Waals surface area contributed by atoms with Crippen LogP contribution < -0.4 is 4.31 Å². The molecule has 0 atom stereocenters. The maximum absolute atomic E-state index is 12.7. The van der Waals surface area contributed by atoms with Crippen molar-refractivity contribution >= 4 is 33.3 Å². The Balaban J connectivity index is 1.74. The summed E-state index contributed by atoms with van der Waals surface area (Å²) in [6, 6.07) is 5.53. The number of fused-ring (bicyclic) bond motifs is 1. The molecule has 11 heteroatoms. The van der Waals surface area contributed by atoms with Crippen LogP contribution in [0, 0.1) is 0 Å². The zero-order chi connectivity index (χ0) is 20.5. The number of thioether (sulfide) groups is 1. The second-order valence-corrected chi connectivity index (χ2v) is 9.07. The number of nitrogens with zero attached hydrogens (tertiary/aromatic N) is 3. The number of Topliss-reactive ketones (excluding diaryl/α,β-unsaturated/α-hetero) is 1. The summed E-state index contributed by atoms with van der Waals surface area (Å²) >= 11 is 0.818. The van der Waals surface area contributed by atoms with Crippen molar-refractivity contribution < 1.29 is 26.4 Å². The number of alkyl halides is 3. The Morgan fingerprint density at radius 2 is 2.04 bits per heavy atom. The molecule has 1 aromatic carbocycles. The van der Waals surface area contributed by atoms with Crippen LogP contribution in [0.4, 0.5) is 18.9 Å². The fourth-order valence-corrected chi connectivity index (χ4v) is 4.58. The fourth-order valence-electron chi connectivity index (χ4n) is 2.86. The third-order valence-corrected chi connectivity index (χ3v) is 6.18. The van der Waals surface area contributed by atoms with E-state index in [1.54, 1.807) is 12.1 Å². The van der Waals surface area contributed by atoms with Gasteiger partial charge in [0.05, 0.1) is 17.7 Å². The lowest BCUT2D eigenvalue weighted by atomic mass is 9.99. The molecule has 0 bridgehead atoms. The van der Waals surface area contributed by atoms with Crippen LogP contribution >= 0.6 is 11.8 Å². The smallest absolute Gasteiger partial charge is 0.293 e. The summed E-state index contributed by atoms with van der Waals surface area (Å²) in [5, 5.41) is -0.135. The minimum absolute atomic E-state index is 0.129. The summed E-state index contributed by atoms with van der Waals surface area (Å²) in [4.78, 5) is 19.6. The number of sulfonamides is 1. The highest BCUT2D eigenvalue weighted by Crippen LogP contribution is 2.31. The van der Waals surface area contributed by atoms with Gasteiger partial charge in [-0.3, -0.25) is 9.10 Å². The zero-order valence-electron chi connectivity index (χ0n) is 14.7. The van der Waals surface area contributed by atoms with Gasteiger partial charge >= 0.3 is 6.18 Å². The molecule has 1 aliphatic rings. The van der Waals surface area contributed by atoms with Gasteiger partial charge in [0.1, 0.15) is 5.69 Å². The molecule has 150 valence electrons. The summed E-state index contributed by atoms with van der Waals surface area (Å²) < 4.78 is 63.2. The monoisotopic (exact) mass is 431 g/mol. The van der Waals surface area contributed by atoms with Gasteiger partial charge in [-0.1, -0.05) is 11.8 Å². The van der Waals surface area contributed by atoms with E-state index in [0.717, 1.165) is 35.8 Å². The third kappa shape index (κ3) is 4.64. The summed E-state index contributed by atoms with van der Waals surface area (Å²) in [5.41, 5.74) is 0.614. The van der Waals surface area contributed by atoms with E-state index in [9.17, 15) is 26.4 Å². The molecular formula is C17H16F3N3O3S2. The number of carbonyl (C=O) groups excluding carboxylic acids is 1. The summed E-state index contributed by atoms with van der Waals surface area (Å²) in [7, 11) is -3.40. The molecule has 0 spiro atoms. The first kappa shape index (κ1) is 20.6. The van der Waals surface area contributed by atoms with Gasteiger partial charge < -0.3 is 0 Å². The molecule has 2 heterocycles. The first-order valence-corrected chi connectivity index (χ1v) is 11.1. The molecule has 0 fully saturated rings. The highest BCUT2D eigenvalue weighted by molar-refractivity contribution is 7.99. The number of halogens is 3. The number of ketones is 1. The predicted molar refractivity (Wildman–Crippen MR) is 99.0 cm³/mol. The molecule has 0 unspecified atom stereocenters. The minimum atomic E-state index is -4.58. The molecule has 3 rings (SSSR count). The van der Waals surface area contributed by atoms with E-state index in [1.165, 1.54) is 10.4 Å². The molecule has 28 heavy (non-hydrogen) atoms. The second-order valence-electron chi connectivity index (χ2n) is 6.22. The van der Waals surface area contributed by atoms with Crippen LogP contribution in [-0.2, 0) is 22.6 Å². The van der Waals surface area contributed by atoms with Crippen LogP contribution in [0.15, 0.2) is 35.6 Å². The molecule has 0 saturated heterocycles. The van der Waals surface area contributed by atoms with Gasteiger partial charge in [0.25, 0.3) is 0 Å². The van der Waals surface area contributed by atoms with Crippen molar-refractivity contribution in [3.05, 3.63) is 47.3 Å². The Morgan fingerprint density at radius 1 is 1.29 bits per heavy atom. The minimum Gasteiger partial charge on any atom is -0.293 e. The average molecular weight is 431 g/mol. The second kappa shape index (κ2) is 7.70. The topological polar surface area (TPSA) is 80.2 Å². The Labute approximate surface area is 164 Å². The number of aryl methyl sites for hydroxylation is 1. The largest absolute Gasteiger partial charge is 0.433 e. The average Bonchev–Trinajstić information content (AvgIpc) is 2.64. The van der Waals surface area contributed by atoms with Crippen molar-refractivity contribution in [2.45, 2.75) is 24.2 Å². The van der Waals surface area contributed by atoms with Crippen LogP contribution in [-0.4, -0.2) is 42.7 Å². The quantitative estimate of drug-likeness (QED) is 0.411. The number of benzene rings is 1. The molecule has 0 amide bonds. The SMILES string of the molecule is CS(=O)(=O)N1CCCc2cc(C(=O)CSc3nccc(C(F)(F)F)n3)ccc21. The van der Waals surface area contributed by atoms with E-state index < -0.39 is 21.9 Å². The molecule has 0 N–H and O–H groups in total. The molecule has 1 aliphatic heterocycles. The first-order valence-electron chi connectivity index (χ1n) is 8.22. The Kier molecular flexibility index (Phi) is 5.67. The standard InChI is InChI=1S/C17H16F3N3O3S2/c1-28(25,26)23-8-2-3-11-9-12(4-5-13(11)23)14(24)10-27-16-21-7-6-15(22-16)17(18,19)20/h4-7,9H,2-3,8,10H2,1H3. The van der Waals surface area contributed by atoms with Gasteiger partial charge in [-0.2, -0.15) is 13.2 Å². The van der Waals surface area contributed by atoms with Crippen molar-refractivity contribution in [2.75, 3.05) is 22.9 Å². The first-order chi connectivity index (χ1) is 13.1. The number of hydrogen-bond acceptors (Lipinski definition) is 6. The summed E-state index contributed by atoms with van der Waals surface area (Å²) in [5.74, 6) is -0.430.